The summed E-state index contributed by atoms with van der Waals surface area (Å²) in [6.07, 6.45) is 4.67. The fraction of sp³-hybridized carbons (Fsp3) is 0.368. The Labute approximate surface area is 166 Å². The SMILES string of the molecule is N#Cc1ccc(O[C@@H]2C[C@@H]3CN(C(=O)c4cnc(Cl)cn4)C[C@@H]3C2)cc1Cl. The first kappa shape index (κ1) is 18.0. The largest absolute Gasteiger partial charge is 0.490 e. The molecule has 1 amide bonds. The van der Waals surface area contributed by atoms with E-state index in [4.69, 9.17) is 33.2 Å². The molecule has 1 aliphatic heterocycles. The molecule has 1 aliphatic carbocycles. The van der Waals surface area contributed by atoms with Gasteiger partial charge in [-0.05, 0) is 36.8 Å². The standard InChI is InChI=1S/C19H16Cl2N4O2/c20-16-5-14(2-1-11(16)6-22)27-15-3-12-9-25(10-13(12)4-15)19(26)17-7-24-18(21)8-23-17/h1-2,5,7-8,12-13,15H,3-4,9-10H2/t12-,13+,15-. The van der Waals surface area contributed by atoms with Gasteiger partial charge in [-0.2, -0.15) is 5.26 Å². The van der Waals surface area contributed by atoms with Crippen LogP contribution in [0.5, 0.6) is 5.75 Å². The molecule has 1 saturated carbocycles. The number of fused-ring (bicyclic) bond motifs is 1. The van der Waals surface area contributed by atoms with E-state index in [9.17, 15) is 4.79 Å². The van der Waals surface area contributed by atoms with Gasteiger partial charge in [-0.25, -0.2) is 9.97 Å². The van der Waals surface area contributed by atoms with E-state index in [1.165, 1.54) is 12.4 Å². The predicted molar refractivity (Wildman–Crippen MR) is 99.7 cm³/mol. The van der Waals surface area contributed by atoms with Gasteiger partial charge in [0.15, 0.2) is 0 Å². The van der Waals surface area contributed by atoms with Crippen molar-refractivity contribution in [3.05, 3.63) is 52.0 Å². The third-order valence-corrected chi connectivity index (χ3v) is 5.71. The summed E-state index contributed by atoms with van der Waals surface area (Å²) in [6, 6.07) is 7.16. The molecular formula is C19H16Cl2N4O2. The lowest BCUT2D eigenvalue weighted by molar-refractivity contribution is 0.0763. The van der Waals surface area contributed by atoms with Gasteiger partial charge < -0.3 is 9.64 Å². The molecule has 0 bridgehead atoms. The molecule has 3 atom stereocenters. The Morgan fingerprint density at radius 3 is 2.52 bits per heavy atom. The van der Waals surface area contributed by atoms with Crippen molar-refractivity contribution in [2.45, 2.75) is 18.9 Å². The third-order valence-electron chi connectivity index (χ3n) is 5.20. The average molecular weight is 403 g/mol. The Bertz CT molecular complexity index is 899. The summed E-state index contributed by atoms with van der Waals surface area (Å²) in [5, 5.41) is 9.61. The summed E-state index contributed by atoms with van der Waals surface area (Å²) < 4.78 is 6.05. The zero-order valence-electron chi connectivity index (χ0n) is 14.3. The maximum atomic E-state index is 12.6. The first-order valence-electron chi connectivity index (χ1n) is 8.66. The zero-order valence-corrected chi connectivity index (χ0v) is 15.8. The van der Waals surface area contributed by atoms with Crippen molar-refractivity contribution in [3.63, 3.8) is 0 Å². The molecule has 0 radical (unpaired) electrons. The van der Waals surface area contributed by atoms with E-state index in [0.29, 0.717) is 47.0 Å². The number of benzene rings is 1. The summed E-state index contributed by atoms with van der Waals surface area (Å²) in [5.74, 6) is 1.39. The number of rotatable bonds is 3. The van der Waals surface area contributed by atoms with Crippen molar-refractivity contribution >= 4 is 29.1 Å². The third kappa shape index (κ3) is 3.71. The Balaban J connectivity index is 1.35. The number of carbonyl (C=O) groups excluding carboxylic acids is 1. The molecule has 1 saturated heterocycles. The second-order valence-corrected chi connectivity index (χ2v) is 7.71. The van der Waals surface area contributed by atoms with Crippen LogP contribution < -0.4 is 4.74 Å². The van der Waals surface area contributed by atoms with Crippen LogP contribution in [0.25, 0.3) is 0 Å². The van der Waals surface area contributed by atoms with Gasteiger partial charge in [-0.15, -0.1) is 0 Å². The number of hydrogen-bond acceptors (Lipinski definition) is 5. The fourth-order valence-electron chi connectivity index (χ4n) is 3.94. The number of carbonyl (C=O) groups is 1. The van der Waals surface area contributed by atoms with Crippen molar-refractivity contribution < 1.29 is 9.53 Å². The van der Waals surface area contributed by atoms with Crippen LogP contribution >= 0.6 is 23.2 Å². The van der Waals surface area contributed by atoms with E-state index in [0.717, 1.165) is 12.8 Å². The lowest BCUT2D eigenvalue weighted by atomic mass is 10.0. The Morgan fingerprint density at radius 1 is 1.19 bits per heavy atom. The highest BCUT2D eigenvalue weighted by atomic mass is 35.5. The first-order valence-corrected chi connectivity index (χ1v) is 9.42. The molecule has 0 N–H and O–H groups in total. The molecule has 1 aromatic carbocycles. The van der Waals surface area contributed by atoms with Gasteiger partial charge in [0.2, 0.25) is 0 Å². The van der Waals surface area contributed by atoms with Crippen LogP contribution in [-0.4, -0.2) is 40.0 Å². The highest BCUT2D eigenvalue weighted by Gasteiger charge is 2.43. The Morgan fingerprint density at radius 2 is 1.93 bits per heavy atom. The summed E-state index contributed by atoms with van der Waals surface area (Å²) in [6.45, 7) is 1.39. The van der Waals surface area contributed by atoms with E-state index >= 15 is 0 Å². The van der Waals surface area contributed by atoms with Gasteiger partial charge in [0.1, 0.15) is 22.7 Å². The van der Waals surface area contributed by atoms with Crippen molar-refractivity contribution in [1.82, 2.24) is 14.9 Å². The molecule has 1 aromatic heterocycles. The second kappa shape index (κ2) is 7.34. The number of nitriles is 1. The maximum Gasteiger partial charge on any atom is 0.274 e. The molecule has 2 fully saturated rings. The monoisotopic (exact) mass is 402 g/mol. The van der Waals surface area contributed by atoms with Crippen molar-refractivity contribution in [2.24, 2.45) is 11.8 Å². The van der Waals surface area contributed by atoms with E-state index in [2.05, 4.69) is 9.97 Å². The van der Waals surface area contributed by atoms with Gasteiger partial charge in [-0.3, -0.25) is 4.79 Å². The summed E-state index contributed by atoms with van der Waals surface area (Å²) in [7, 11) is 0. The van der Waals surface area contributed by atoms with E-state index in [1.54, 1.807) is 18.2 Å². The minimum atomic E-state index is -0.107. The number of aromatic nitrogens is 2. The zero-order chi connectivity index (χ0) is 19.0. The van der Waals surface area contributed by atoms with Gasteiger partial charge in [0, 0.05) is 19.2 Å². The van der Waals surface area contributed by atoms with Crippen molar-refractivity contribution in [3.8, 4) is 11.8 Å². The van der Waals surface area contributed by atoms with Crippen LogP contribution in [0.4, 0.5) is 0 Å². The second-order valence-electron chi connectivity index (χ2n) is 6.92. The summed E-state index contributed by atoms with van der Waals surface area (Å²) in [5.41, 5.74) is 0.756. The van der Waals surface area contributed by atoms with Crippen LogP contribution in [0.15, 0.2) is 30.6 Å². The van der Waals surface area contributed by atoms with Crippen LogP contribution in [-0.2, 0) is 0 Å². The molecular weight excluding hydrogens is 387 g/mol. The highest BCUT2D eigenvalue weighted by Crippen LogP contribution is 2.40. The lowest BCUT2D eigenvalue weighted by Gasteiger charge is -2.20. The summed E-state index contributed by atoms with van der Waals surface area (Å²) >= 11 is 11.8. The molecule has 0 spiro atoms. The summed E-state index contributed by atoms with van der Waals surface area (Å²) in [4.78, 5) is 22.4. The maximum absolute atomic E-state index is 12.6. The topological polar surface area (TPSA) is 79.1 Å². The number of likely N-dealkylation sites (tertiary alicyclic amines) is 1. The number of halogens is 2. The van der Waals surface area contributed by atoms with Gasteiger partial charge in [0.25, 0.3) is 5.91 Å². The van der Waals surface area contributed by atoms with Gasteiger partial charge in [-0.1, -0.05) is 23.2 Å². The molecule has 138 valence electrons. The molecule has 27 heavy (non-hydrogen) atoms. The van der Waals surface area contributed by atoms with E-state index in [-0.39, 0.29) is 17.2 Å². The van der Waals surface area contributed by atoms with Crippen LogP contribution in [0.3, 0.4) is 0 Å². The highest BCUT2D eigenvalue weighted by molar-refractivity contribution is 6.31. The minimum Gasteiger partial charge on any atom is -0.490 e. The molecule has 2 aliphatic rings. The van der Waals surface area contributed by atoms with Gasteiger partial charge in [0.05, 0.1) is 29.1 Å². The number of nitrogens with zero attached hydrogens (tertiary/aromatic N) is 4. The minimum absolute atomic E-state index is 0.0941. The normalized spacial score (nSPS) is 23.7. The Hall–Kier alpha value is -2.36. The molecule has 8 heteroatoms. The van der Waals surface area contributed by atoms with Crippen molar-refractivity contribution in [1.29, 1.82) is 5.26 Å². The van der Waals surface area contributed by atoms with Crippen molar-refractivity contribution in [2.75, 3.05) is 13.1 Å². The van der Waals surface area contributed by atoms with Crippen LogP contribution in [0, 0.1) is 23.2 Å². The smallest absolute Gasteiger partial charge is 0.274 e. The number of hydrogen-bond donors (Lipinski definition) is 0. The quantitative estimate of drug-likeness (QED) is 0.783. The van der Waals surface area contributed by atoms with Gasteiger partial charge >= 0.3 is 0 Å². The molecule has 4 rings (SSSR count). The molecule has 2 aromatic rings. The Kier molecular flexibility index (Phi) is 4.90. The van der Waals surface area contributed by atoms with E-state index in [1.807, 2.05) is 11.0 Å². The number of ether oxygens (including phenoxy) is 1. The molecule has 0 unspecified atom stereocenters. The molecule has 2 heterocycles. The van der Waals surface area contributed by atoms with Crippen LogP contribution in [0.1, 0.15) is 28.9 Å². The number of amides is 1. The lowest BCUT2D eigenvalue weighted by Crippen LogP contribution is -2.31. The average Bonchev–Trinajstić information content (AvgIpc) is 3.20. The molecule has 6 nitrogen and oxygen atoms in total. The fourth-order valence-corrected chi connectivity index (χ4v) is 4.25. The van der Waals surface area contributed by atoms with Crippen LogP contribution in [0.2, 0.25) is 10.2 Å². The first-order chi connectivity index (χ1) is 13.0. The van der Waals surface area contributed by atoms with E-state index < -0.39 is 0 Å². The predicted octanol–water partition coefficient (Wildman–Crippen LogP) is 3.58.